The Bertz CT molecular complexity index is 1330. The summed E-state index contributed by atoms with van der Waals surface area (Å²) < 4.78 is 2.70. The fraction of sp³-hybridized carbons (Fsp3) is 0.0500. The van der Waals surface area contributed by atoms with E-state index in [9.17, 15) is 4.79 Å². The number of thiazole rings is 1. The first-order valence-electron chi connectivity index (χ1n) is 8.92. The van der Waals surface area contributed by atoms with E-state index in [-0.39, 0.29) is 11.7 Å². The van der Waals surface area contributed by atoms with Gasteiger partial charge in [-0.25, -0.2) is 4.98 Å². The summed E-state index contributed by atoms with van der Waals surface area (Å²) in [6.07, 6.45) is 0. The van der Waals surface area contributed by atoms with Crippen LogP contribution in [0.3, 0.4) is 0 Å². The van der Waals surface area contributed by atoms with Gasteiger partial charge in [0.15, 0.2) is 16.6 Å². The molecule has 0 aliphatic heterocycles. The molecule has 0 bridgehead atoms. The number of fused-ring (bicyclic) bond motifs is 2. The maximum atomic E-state index is 12.4. The molecule has 2 aromatic carbocycles. The summed E-state index contributed by atoms with van der Waals surface area (Å²) in [6.45, 7) is 0. The second-order valence-electron chi connectivity index (χ2n) is 6.30. The molecule has 1 N–H and O–H groups in total. The highest BCUT2D eigenvalue weighted by atomic mass is 35.5. The Morgan fingerprint density at radius 1 is 1.07 bits per heavy atom. The van der Waals surface area contributed by atoms with Crippen LogP contribution in [0.2, 0.25) is 5.02 Å². The van der Waals surface area contributed by atoms with Crippen molar-refractivity contribution in [2.75, 3.05) is 11.1 Å². The highest BCUT2D eigenvalue weighted by molar-refractivity contribution is 7.99. The van der Waals surface area contributed by atoms with Crippen molar-refractivity contribution >= 4 is 61.6 Å². The summed E-state index contributed by atoms with van der Waals surface area (Å²) in [5.41, 5.74) is 2.36. The molecule has 0 spiro atoms. The molecule has 5 rings (SSSR count). The van der Waals surface area contributed by atoms with E-state index in [4.69, 9.17) is 11.6 Å². The molecule has 0 radical (unpaired) electrons. The number of carbonyl (C=O) groups excluding carboxylic acids is 1. The second-order valence-corrected chi connectivity index (χ2v) is 8.76. The van der Waals surface area contributed by atoms with Crippen molar-refractivity contribution in [2.24, 2.45) is 0 Å². The first-order chi connectivity index (χ1) is 14.7. The van der Waals surface area contributed by atoms with Gasteiger partial charge >= 0.3 is 0 Å². The van der Waals surface area contributed by atoms with Gasteiger partial charge in [-0.05, 0) is 48.5 Å². The lowest BCUT2D eigenvalue weighted by Gasteiger charge is -2.03. The van der Waals surface area contributed by atoms with Crippen molar-refractivity contribution in [3.05, 3.63) is 65.7 Å². The molecule has 0 saturated heterocycles. The van der Waals surface area contributed by atoms with E-state index in [0.29, 0.717) is 26.7 Å². The highest BCUT2D eigenvalue weighted by Gasteiger charge is 2.12. The summed E-state index contributed by atoms with van der Waals surface area (Å²) in [6, 6.07) is 18.8. The predicted octanol–water partition coefficient (Wildman–Crippen LogP) is 4.79. The van der Waals surface area contributed by atoms with Gasteiger partial charge in [0.2, 0.25) is 5.91 Å². The third kappa shape index (κ3) is 3.87. The van der Waals surface area contributed by atoms with Crippen LogP contribution < -0.4 is 5.32 Å². The average Bonchev–Trinajstić information content (AvgIpc) is 3.36. The number of para-hydroxylation sites is 1. The van der Waals surface area contributed by atoms with Crippen LogP contribution in [0.1, 0.15) is 0 Å². The fourth-order valence-corrected chi connectivity index (χ4v) is 4.51. The minimum atomic E-state index is -0.136. The topological polar surface area (TPSA) is 85.1 Å². The lowest BCUT2D eigenvalue weighted by molar-refractivity contribution is -0.113. The van der Waals surface area contributed by atoms with Crippen LogP contribution in [0.15, 0.2) is 65.7 Å². The Kier molecular flexibility index (Phi) is 5.07. The minimum absolute atomic E-state index is 0.136. The van der Waals surface area contributed by atoms with Crippen LogP contribution in [0.25, 0.3) is 27.3 Å². The molecule has 0 fully saturated rings. The number of nitrogens with zero attached hydrogens (tertiary/aromatic N) is 5. The van der Waals surface area contributed by atoms with Crippen LogP contribution in [-0.4, -0.2) is 36.5 Å². The predicted molar refractivity (Wildman–Crippen MR) is 120 cm³/mol. The first kappa shape index (κ1) is 19.0. The van der Waals surface area contributed by atoms with Gasteiger partial charge < -0.3 is 5.32 Å². The number of halogens is 1. The molecule has 0 unspecified atom stereocenters. The molecule has 7 nitrogen and oxygen atoms in total. The van der Waals surface area contributed by atoms with Crippen LogP contribution in [-0.2, 0) is 4.79 Å². The third-order valence-corrected chi connectivity index (χ3v) is 6.36. The van der Waals surface area contributed by atoms with E-state index in [2.05, 4.69) is 25.6 Å². The van der Waals surface area contributed by atoms with E-state index in [1.54, 1.807) is 16.6 Å². The maximum Gasteiger partial charge on any atom is 0.236 e. The lowest BCUT2D eigenvalue weighted by Crippen LogP contribution is -2.14. The summed E-state index contributed by atoms with van der Waals surface area (Å²) in [5.74, 6) is 0.693. The molecular weight excluding hydrogens is 440 g/mol. The smallest absolute Gasteiger partial charge is 0.236 e. The summed E-state index contributed by atoms with van der Waals surface area (Å²) in [7, 11) is 0. The number of thioether (sulfide) groups is 1. The third-order valence-electron chi connectivity index (χ3n) is 4.23. The van der Waals surface area contributed by atoms with Gasteiger partial charge in [-0.3, -0.25) is 4.79 Å². The quantitative estimate of drug-likeness (QED) is 0.386. The monoisotopic (exact) mass is 452 g/mol. The fourth-order valence-electron chi connectivity index (χ4n) is 2.85. The molecule has 0 atom stereocenters. The van der Waals surface area contributed by atoms with Gasteiger partial charge in [0, 0.05) is 10.6 Å². The first-order valence-corrected chi connectivity index (χ1v) is 11.1. The molecule has 10 heteroatoms. The van der Waals surface area contributed by atoms with E-state index in [1.807, 2.05) is 48.5 Å². The zero-order chi connectivity index (χ0) is 20.5. The number of hydrogen-bond donors (Lipinski definition) is 1. The number of amides is 1. The Hall–Kier alpha value is -3.01. The van der Waals surface area contributed by atoms with Gasteiger partial charge in [0.05, 0.1) is 16.0 Å². The van der Waals surface area contributed by atoms with Crippen molar-refractivity contribution in [1.29, 1.82) is 0 Å². The average molecular weight is 453 g/mol. The normalized spacial score (nSPS) is 11.2. The standard InChI is InChI=1S/C20H13ClN6OS2/c21-13-7-5-12(6-8-13)19-25-24-16-9-10-18(26-27(16)19)29-11-17(28)23-20-22-14-3-1-2-4-15(14)30-20/h1-10H,11H2,(H,22,23,28). The van der Waals surface area contributed by atoms with E-state index < -0.39 is 0 Å². The van der Waals surface area contributed by atoms with E-state index in [1.165, 1.54) is 23.1 Å². The van der Waals surface area contributed by atoms with Crippen molar-refractivity contribution in [3.63, 3.8) is 0 Å². The van der Waals surface area contributed by atoms with Crippen molar-refractivity contribution in [1.82, 2.24) is 24.8 Å². The van der Waals surface area contributed by atoms with Gasteiger partial charge in [0.1, 0.15) is 5.03 Å². The number of nitrogens with one attached hydrogen (secondary N) is 1. The summed E-state index contributed by atoms with van der Waals surface area (Å²) in [4.78, 5) is 16.8. The minimum Gasteiger partial charge on any atom is -0.301 e. The van der Waals surface area contributed by atoms with Crippen LogP contribution in [0.5, 0.6) is 0 Å². The Balaban J connectivity index is 1.30. The van der Waals surface area contributed by atoms with Crippen LogP contribution >= 0.6 is 34.7 Å². The van der Waals surface area contributed by atoms with E-state index in [0.717, 1.165) is 15.8 Å². The Morgan fingerprint density at radius 2 is 1.90 bits per heavy atom. The van der Waals surface area contributed by atoms with Crippen molar-refractivity contribution in [2.45, 2.75) is 5.03 Å². The molecule has 3 aromatic heterocycles. The van der Waals surface area contributed by atoms with Gasteiger partial charge in [-0.1, -0.05) is 46.8 Å². The second kappa shape index (κ2) is 8.02. The molecule has 0 saturated carbocycles. The van der Waals surface area contributed by atoms with Gasteiger partial charge in [0.25, 0.3) is 0 Å². The van der Waals surface area contributed by atoms with Gasteiger partial charge in [-0.15, -0.1) is 10.2 Å². The molecule has 1 amide bonds. The summed E-state index contributed by atoms with van der Waals surface area (Å²) in [5, 5.41) is 17.7. The maximum absolute atomic E-state index is 12.4. The van der Waals surface area contributed by atoms with Crippen LogP contribution in [0, 0.1) is 0 Å². The highest BCUT2D eigenvalue weighted by Crippen LogP contribution is 2.26. The van der Waals surface area contributed by atoms with Crippen molar-refractivity contribution in [3.8, 4) is 11.4 Å². The number of benzene rings is 2. The Labute approximate surface area is 184 Å². The SMILES string of the molecule is O=C(CSc1ccc2nnc(-c3ccc(Cl)cc3)n2n1)Nc1nc2ccccc2s1. The van der Waals surface area contributed by atoms with Crippen LogP contribution in [0.4, 0.5) is 5.13 Å². The van der Waals surface area contributed by atoms with Gasteiger partial charge in [-0.2, -0.15) is 9.61 Å². The molecule has 0 aliphatic carbocycles. The van der Waals surface area contributed by atoms with Crippen molar-refractivity contribution < 1.29 is 4.79 Å². The largest absolute Gasteiger partial charge is 0.301 e. The number of carbonyl (C=O) groups is 1. The lowest BCUT2D eigenvalue weighted by atomic mass is 10.2. The molecule has 3 heterocycles. The molecule has 148 valence electrons. The molecule has 30 heavy (non-hydrogen) atoms. The zero-order valence-corrected chi connectivity index (χ0v) is 17.7. The molecule has 0 aliphatic rings. The zero-order valence-electron chi connectivity index (χ0n) is 15.3. The van der Waals surface area contributed by atoms with E-state index >= 15 is 0 Å². The Morgan fingerprint density at radius 3 is 2.73 bits per heavy atom. The number of hydrogen-bond acceptors (Lipinski definition) is 7. The molecule has 5 aromatic rings. The number of aromatic nitrogens is 5. The summed E-state index contributed by atoms with van der Waals surface area (Å²) >= 11 is 8.75. The number of rotatable bonds is 5. The molecular formula is C20H13ClN6OS2. The number of anilines is 1.